The summed E-state index contributed by atoms with van der Waals surface area (Å²) in [5.41, 5.74) is 1.42. The van der Waals surface area contributed by atoms with Crippen LogP contribution in [-0.2, 0) is 4.79 Å². The summed E-state index contributed by atoms with van der Waals surface area (Å²) in [5, 5.41) is 0. The minimum atomic E-state index is 0.206. The predicted octanol–water partition coefficient (Wildman–Crippen LogP) is 2.34. The van der Waals surface area contributed by atoms with Gasteiger partial charge in [-0.15, -0.1) is 0 Å². The highest BCUT2D eigenvalue weighted by Crippen LogP contribution is 2.19. The fourth-order valence-electron chi connectivity index (χ4n) is 2.61. The van der Waals surface area contributed by atoms with Gasteiger partial charge in [-0.1, -0.05) is 37.3 Å². The first-order valence-corrected chi connectivity index (χ1v) is 7.19. The van der Waals surface area contributed by atoms with Crippen LogP contribution in [-0.4, -0.2) is 48.4 Å². The third-order valence-electron chi connectivity index (χ3n) is 4.06. The topological polar surface area (TPSA) is 23.6 Å². The van der Waals surface area contributed by atoms with Crippen molar-refractivity contribution in [3.8, 4) is 0 Å². The standard InChI is InChI=1S/C16H24N2O/c1-14(16-6-4-3-5-7-16)8-9-17-10-12-18(13-11-17)15(2)19/h3-7,14H,8-13H2,1-2H3. The minimum Gasteiger partial charge on any atom is -0.340 e. The largest absolute Gasteiger partial charge is 0.340 e. The summed E-state index contributed by atoms with van der Waals surface area (Å²) in [7, 11) is 0. The van der Waals surface area contributed by atoms with E-state index in [9.17, 15) is 4.79 Å². The van der Waals surface area contributed by atoms with Gasteiger partial charge in [-0.3, -0.25) is 9.69 Å². The molecule has 104 valence electrons. The Kier molecular flexibility index (Phi) is 4.97. The van der Waals surface area contributed by atoms with Gasteiger partial charge in [0.1, 0.15) is 0 Å². The van der Waals surface area contributed by atoms with Crippen molar-refractivity contribution in [1.29, 1.82) is 0 Å². The maximum absolute atomic E-state index is 11.3. The molecule has 1 aromatic rings. The molecule has 2 rings (SSSR count). The van der Waals surface area contributed by atoms with Gasteiger partial charge in [-0.2, -0.15) is 0 Å². The van der Waals surface area contributed by atoms with Crippen LogP contribution in [0.2, 0.25) is 0 Å². The molecule has 0 aliphatic carbocycles. The van der Waals surface area contributed by atoms with Crippen molar-refractivity contribution in [3.63, 3.8) is 0 Å². The number of amides is 1. The number of carbonyl (C=O) groups is 1. The van der Waals surface area contributed by atoms with E-state index in [4.69, 9.17) is 0 Å². The molecule has 0 radical (unpaired) electrons. The summed E-state index contributed by atoms with van der Waals surface area (Å²) < 4.78 is 0. The zero-order chi connectivity index (χ0) is 13.7. The fourth-order valence-corrected chi connectivity index (χ4v) is 2.61. The van der Waals surface area contributed by atoms with Gasteiger partial charge in [0.2, 0.25) is 5.91 Å². The van der Waals surface area contributed by atoms with E-state index in [2.05, 4.69) is 42.2 Å². The number of hydrogen-bond donors (Lipinski definition) is 0. The van der Waals surface area contributed by atoms with Crippen LogP contribution in [0.25, 0.3) is 0 Å². The van der Waals surface area contributed by atoms with Gasteiger partial charge in [-0.05, 0) is 24.4 Å². The lowest BCUT2D eigenvalue weighted by Crippen LogP contribution is -2.48. The summed E-state index contributed by atoms with van der Waals surface area (Å²) >= 11 is 0. The zero-order valence-electron chi connectivity index (χ0n) is 12.0. The summed E-state index contributed by atoms with van der Waals surface area (Å²) in [6.07, 6.45) is 1.18. The van der Waals surface area contributed by atoms with Crippen LogP contribution in [0.5, 0.6) is 0 Å². The molecule has 3 heteroatoms. The first-order chi connectivity index (χ1) is 9.16. The Balaban J connectivity index is 1.73. The number of carbonyl (C=O) groups excluding carboxylic acids is 1. The summed E-state index contributed by atoms with van der Waals surface area (Å²) in [4.78, 5) is 15.7. The molecule has 1 aliphatic rings. The number of nitrogens with zero attached hydrogens (tertiary/aromatic N) is 2. The Bertz CT molecular complexity index is 396. The van der Waals surface area contributed by atoms with Crippen LogP contribution in [0.15, 0.2) is 30.3 Å². The van der Waals surface area contributed by atoms with E-state index in [1.54, 1.807) is 6.92 Å². The van der Waals surface area contributed by atoms with Gasteiger partial charge in [0.25, 0.3) is 0 Å². The Morgan fingerprint density at radius 1 is 1.16 bits per heavy atom. The minimum absolute atomic E-state index is 0.206. The summed E-state index contributed by atoms with van der Waals surface area (Å²) in [6, 6.07) is 10.7. The zero-order valence-corrected chi connectivity index (χ0v) is 12.0. The van der Waals surface area contributed by atoms with Gasteiger partial charge in [0.15, 0.2) is 0 Å². The van der Waals surface area contributed by atoms with Crippen molar-refractivity contribution in [2.24, 2.45) is 0 Å². The molecule has 1 fully saturated rings. The average molecular weight is 260 g/mol. The highest BCUT2D eigenvalue weighted by Gasteiger charge is 2.18. The molecule has 0 saturated carbocycles. The molecule has 0 aromatic heterocycles. The van der Waals surface area contributed by atoms with E-state index in [0.717, 1.165) is 32.7 Å². The van der Waals surface area contributed by atoms with Gasteiger partial charge in [0, 0.05) is 33.1 Å². The Morgan fingerprint density at radius 2 is 1.79 bits per heavy atom. The second-order valence-corrected chi connectivity index (χ2v) is 5.45. The molecular formula is C16H24N2O. The fraction of sp³-hybridized carbons (Fsp3) is 0.562. The summed E-state index contributed by atoms with van der Waals surface area (Å²) in [5.74, 6) is 0.810. The van der Waals surface area contributed by atoms with Crippen molar-refractivity contribution in [2.45, 2.75) is 26.2 Å². The number of hydrogen-bond acceptors (Lipinski definition) is 2. The van der Waals surface area contributed by atoms with E-state index >= 15 is 0 Å². The highest BCUT2D eigenvalue weighted by atomic mass is 16.2. The molecule has 1 amide bonds. The maximum atomic E-state index is 11.3. The van der Waals surface area contributed by atoms with E-state index in [-0.39, 0.29) is 5.91 Å². The molecular weight excluding hydrogens is 236 g/mol. The Labute approximate surface area is 116 Å². The van der Waals surface area contributed by atoms with Crippen molar-refractivity contribution in [3.05, 3.63) is 35.9 Å². The van der Waals surface area contributed by atoms with Crippen LogP contribution in [0.1, 0.15) is 31.7 Å². The van der Waals surface area contributed by atoms with E-state index in [1.165, 1.54) is 12.0 Å². The molecule has 1 aliphatic heterocycles. The van der Waals surface area contributed by atoms with Crippen LogP contribution in [0.4, 0.5) is 0 Å². The second-order valence-electron chi connectivity index (χ2n) is 5.45. The average Bonchev–Trinajstić information content (AvgIpc) is 2.46. The van der Waals surface area contributed by atoms with Gasteiger partial charge < -0.3 is 4.90 Å². The molecule has 1 heterocycles. The van der Waals surface area contributed by atoms with Crippen LogP contribution in [0, 0.1) is 0 Å². The smallest absolute Gasteiger partial charge is 0.219 e. The van der Waals surface area contributed by atoms with Crippen molar-refractivity contribution in [2.75, 3.05) is 32.7 Å². The van der Waals surface area contributed by atoms with Crippen LogP contribution in [0.3, 0.4) is 0 Å². The molecule has 3 nitrogen and oxygen atoms in total. The van der Waals surface area contributed by atoms with Crippen molar-refractivity contribution < 1.29 is 4.79 Å². The molecule has 0 spiro atoms. The van der Waals surface area contributed by atoms with E-state index < -0.39 is 0 Å². The quantitative estimate of drug-likeness (QED) is 0.829. The monoisotopic (exact) mass is 260 g/mol. The van der Waals surface area contributed by atoms with Crippen LogP contribution >= 0.6 is 0 Å². The third kappa shape index (κ3) is 4.06. The first kappa shape index (κ1) is 14.1. The van der Waals surface area contributed by atoms with Gasteiger partial charge in [-0.25, -0.2) is 0 Å². The van der Waals surface area contributed by atoms with E-state index in [0.29, 0.717) is 5.92 Å². The molecule has 0 N–H and O–H groups in total. The van der Waals surface area contributed by atoms with Gasteiger partial charge >= 0.3 is 0 Å². The lowest BCUT2D eigenvalue weighted by Gasteiger charge is -2.34. The molecule has 1 unspecified atom stereocenters. The number of benzene rings is 1. The van der Waals surface area contributed by atoms with E-state index in [1.807, 2.05) is 4.90 Å². The molecule has 1 aromatic carbocycles. The number of rotatable bonds is 4. The molecule has 0 bridgehead atoms. The van der Waals surface area contributed by atoms with Crippen molar-refractivity contribution in [1.82, 2.24) is 9.80 Å². The molecule has 19 heavy (non-hydrogen) atoms. The second kappa shape index (κ2) is 6.71. The number of piperazine rings is 1. The van der Waals surface area contributed by atoms with Gasteiger partial charge in [0.05, 0.1) is 0 Å². The normalized spacial score (nSPS) is 18.3. The van der Waals surface area contributed by atoms with Crippen molar-refractivity contribution >= 4 is 5.91 Å². The highest BCUT2D eigenvalue weighted by molar-refractivity contribution is 5.73. The first-order valence-electron chi connectivity index (χ1n) is 7.19. The van der Waals surface area contributed by atoms with Crippen LogP contribution < -0.4 is 0 Å². The lowest BCUT2D eigenvalue weighted by molar-refractivity contribution is -0.130. The predicted molar refractivity (Wildman–Crippen MR) is 78.2 cm³/mol. The SMILES string of the molecule is CC(=O)N1CCN(CCC(C)c2ccccc2)CC1. The molecule has 1 saturated heterocycles. The Morgan fingerprint density at radius 3 is 2.37 bits per heavy atom. The maximum Gasteiger partial charge on any atom is 0.219 e. The summed E-state index contributed by atoms with van der Waals surface area (Å²) in [6.45, 7) is 8.88. The molecule has 1 atom stereocenters. The lowest BCUT2D eigenvalue weighted by atomic mass is 9.97. The third-order valence-corrected chi connectivity index (χ3v) is 4.06. The Hall–Kier alpha value is -1.35.